The monoisotopic (exact) mass is 323 g/mol. The summed E-state index contributed by atoms with van der Waals surface area (Å²) in [5.74, 6) is 0. The van der Waals surface area contributed by atoms with Crippen molar-refractivity contribution in [1.29, 1.82) is 0 Å². The highest BCUT2D eigenvalue weighted by Gasteiger charge is 2.21. The van der Waals surface area contributed by atoms with Crippen LogP contribution in [0.5, 0.6) is 0 Å². The van der Waals surface area contributed by atoms with Gasteiger partial charge in [0, 0.05) is 19.2 Å². The molecule has 2 N–H and O–H groups in total. The molecule has 1 aromatic rings. The molecular weight excluding hydrogens is 302 g/mol. The van der Waals surface area contributed by atoms with E-state index in [-0.39, 0.29) is 11.8 Å². The van der Waals surface area contributed by atoms with Crippen molar-refractivity contribution < 1.29 is 19.2 Å². The summed E-state index contributed by atoms with van der Waals surface area (Å²) >= 11 is 0. The Morgan fingerprint density at radius 2 is 2.17 bits per heavy atom. The second-order valence-corrected chi connectivity index (χ2v) is 6.28. The Hall–Kier alpha value is -2.35. The summed E-state index contributed by atoms with van der Waals surface area (Å²) in [6.45, 7) is 6.46. The summed E-state index contributed by atoms with van der Waals surface area (Å²) in [6, 6.07) is 4.44. The average molecular weight is 323 g/mol. The standard InChI is InChI=1S/C15H21N3O5/c1-15(2,3)23-14(19)17-10-4-5-12(13(8-10)18(20)21)16-9-11-6-7-22-11/h4-5,8,11,16H,6-7,9H2,1-3H3,(H,17,19)/t11-/m0/s1. The Morgan fingerprint density at radius 3 is 2.70 bits per heavy atom. The Kier molecular flexibility index (Phi) is 5.05. The van der Waals surface area contributed by atoms with Crippen LogP contribution in [-0.2, 0) is 9.47 Å². The highest BCUT2D eigenvalue weighted by molar-refractivity contribution is 5.86. The molecule has 8 nitrogen and oxygen atoms in total. The van der Waals surface area contributed by atoms with Crippen LogP contribution in [0.2, 0.25) is 0 Å². The van der Waals surface area contributed by atoms with Crippen molar-refractivity contribution >= 4 is 23.2 Å². The van der Waals surface area contributed by atoms with Gasteiger partial charge in [-0.1, -0.05) is 0 Å². The normalized spacial score (nSPS) is 17.1. The molecule has 1 heterocycles. The highest BCUT2D eigenvalue weighted by atomic mass is 16.6. The second-order valence-electron chi connectivity index (χ2n) is 6.28. The van der Waals surface area contributed by atoms with Crippen LogP contribution in [0.4, 0.5) is 21.9 Å². The van der Waals surface area contributed by atoms with Crippen LogP contribution in [-0.4, -0.2) is 35.9 Å². The van der Waals surface area contributed by atoms with Crippen LogP contribution in [0, 0.1) is 10.1 Å². The zero-order chi connectivity index (χ0) is 17.0. The van der Waals surface area contributed by atoms with Gasteiger partial charge >= 0.3 is 6.09 Å². The lowest BCUT2D eigenvalue weighted by Gasteiger charge is -2.26. The lowest BCUT2D eigenvalue weighted by molar-refractivity contribution is -0.383. The van der Waals surface area contributed by atoms with E-state index in [1.165, 1.54) is 6.07 Å². The highest BCUT2D eigenvalue weighted by Crippen LogP contribution is 2.28. The van der Waals surface area contributed by atoms with Gasteiger partial charge < -0.3 is 14.8 Å². The van der Waals surface area contributed by atoms with E-state index in [0.717, 1.165) is 13.0 Å². The molecule has 8 heteroatoms. The number of ether oxygens (including phenoxy) is 2. The topological polar surface area (TPSA) is 103 Å². The molecule has 0 aliphatic carbocycles. The van der Waals surface area contributed by atoms with Crippen molar-refractivity contribution in [3.63, 3.8) is 0 Å². The molecule has 1 saturated heterocycles. The quantitative estimate of drug-likeness (QED) is 0.637. The molecule has 0 spiro atoms. The van der Waals surface area contributed by atoms with Gasteiger partial charge in [-0.3, -0.25) is 15.4 Å². The zero-order valence-electron chi connectivity index (χ0n) is 13.4. The average Bonchev–Trinajstić information content (AvgIpc) is 2.35. The maximum Gasteiger partial charge on any atom is 0.412 e. The fraction of sp³-hybridized carbons (Fsp3) is 0.533. The van der Waals surface area contributed by atoms with Gasteiger partial charge in [-0.2, -0.15) is 0 Å². The number of amides is 1. The maximum atomic E-state index is 11.7. The number of rotatable bonds is 5. The summed E-state index contributed by atoms with van der Waals surface area (Å²) in [5, 5.41) is 16.7. The Labute approximate surface area is 134 Å². The molecule has 23 heavy (non-hydrogen) atoms. The Balaban J connectivity index is 2.05. The summed E-state index contributed by atoms with van der Waals surface area (Å²) in [7, 11) is 0. The van der Waals surface area contributed by atoms with Crippen molar-refractivity contribution in [3.8, 4) is 0 Å². The van der Waals surface area contributed by atoms with Crippen LogP contribution in [0.1, 0.15) is 27.2 Å². The molecule has 0 unspecified atom stereocenters. The SMILES string of the molecule is CC(C)(C)OC(=O)Nc1ccc(NC[C@@H]2CCO2)c([N+](=O)[O-])c1. The summed E-state index contributed by atoms with van der Waals surface area (Å²) < 4.78 is 10.4. The first-order valence-electron chi connectivity index (χ1n) is 7.38. The van der Waals surface area contributed by atoms with Gasteiger partial charge in [-0.05, 0) is 39.3 Å². The van der Waals surface area contributed by atoms with Gasteiger partial charge in [0.2, 0.25) is 0 Å². The van der Waals surface area contributed by atoms with Crippen molar-refractivity contribution in [2.45, 2.75) is 38.9 Å². The molecule has 1 aliphatic rings. The van der Waals surface area contributed by atoms with E-state index in [4.69, 9.17) is 9.47 Å². The van der Waals surface area contributed by atoms with Crippen LogP contribution >= 0.6 is 0 Å². The van der Waals surface area contributed by atoms with Gasteiger partial charge in [0.15, 0.2) is 0 Å². The van der Waals surface area contributed by atoms with E-state index in [1.54, 1.807) is 32.9 Å². The van der Waals surface area contributed by atoms with E-state index < -0.39 is 16.6 Å². The number of anilines is 2. The van der Waals surface area contributed by atoms with Gasteiger partial charge in [0.05, 0.1) is 16.7 Å². The number of carbonyl (C=O) groups excluding carboxylic acids is 1. The smallest absolute Gasteiger partial charge is 0.412 e. The molecule has 1 fully saturated rings. The van der Waals surface area contributed by atoms with E-state index in [9.17, 15) is 14.9 Å². The zero-order valence-corrected chi connectivity index (χ0v) is 13.4. The number of nitro benzene ring substituents is 1. The number of nitro groups is 1. The largest absolute Gasteiger partial charge is 0.444 e. The molecule has 1 aliphatic heterocycles. The third kappa shape index (κ3) is 5.10. The van der Waals surface area contributed by atoms with Gasteiger partial charge in [-0.15, -0.1) is 0 Å². The number of carbonyl (C=O) groups is 1. The van der Waals surface area contributed by atoms with Crippen LogP contribution < -0.4 is 10.6 Å². The summed E-state index contributed by atoms with van der Waals surface area (Å²) in [4.78, 5) is 22.4. The fourth-order valence-electron chi connectivity index (χ4n) is 2.00. The Bertz CT molecular complexity index is 593. The van der Waals surface area contributed by atoms with Gasteiger partial charge in [-0.25, -0.2) is 4.79 Å². The lowest BCUT2D eigenvalue weighted by Crippen LogP contribution is -2.33. The van der Waals surface area contributed by atoms with Crippen LogP contribution in [0.25, 0.3) is 0 Å². The molecule has 0 aromatic heterocycles. The van der Waals surface area contributed by atoms with Gasteiger partial charge in [0.25, 0.3) is 5.69 Å². The number of nitrogens with one attached hydrogen (secondary N) is 2. The molecule has 1 amide bonds. The summed E-state index contributed by atoms with van der Waals surface area (Å²) in [6.07, 6.45) is 0.378. The minimum Gasteiger partial charge on any atom is -0.444 e. The van der Waals surface area contributed by atoms with E-state index in [0.29, 0.717) is 17.9 Å². The molecule has 2 rings (SSSR count). The Morgan fingerprint density at radius 1 is 1.48 bits per heavy atom. The molecule has 1 aromatic carbocycles. The maximum absolute atomic E-state index is 11.7. The van der Waals surface area contributed by atoms with Crippen molar-refractivity contribution in [2.24, 2.45) is 0 Å². The van der Waals surface area contributed by atoms with Crippen LogP contribution in [0.15, 0.2) is 18.2 Å². The molecule has 0 bridgehead atoms. The number of nitrogens with zero attached hydrogens (tertiary/aromatic N) is 1. The van der Waals surface area contributed by atoms with Crippen molar-refractivity contribution in [1.82, 2.24) is 0 Å². The predicted octanol–water partition coefficient (Wildman–Crippen LogP) is 3.14. The molecule has 0 radical (unpaired) electrons. The van der Waals surface area contributed by atoms with Gasteiger partial charge in [0.1, 0.15) is 11.3 Å². The third-order valence-corrected chi connectivity index (χ3v) is 3.15. The third-order valence-electron chi connectivity index (χ3n) is 3.15. The van der Waals surface area contributed by atoms with E-state index in [1.807, 2.05) is 0 Å². The summed E-state index contributed by atoms with van der Waals surface area (Å²) in [5.41, 5.74) is -0.0604. The number of benzene rings is 1. The van der Waals surface area contributed by atoms with E-state index >= 15 is 0 Å². The second kappa shape index (κ2) is 6.82. The minimum atomic E-state index is -0.657. The first kappa shape index (κ1) is 17.0. The number of hydrogen-bond donors (Lipinski definition) is 2. The first-order chi connectivity index (χ1) is 10.7. The fourth-order valence-corrected chi connectivity index (χ4v) is 2.00. The molecular formula is C15H21N3O5. The van der Waals surface area contributed by atoms with E-state index in [2.05, 4.69) is 10.6 Å². The predicted molar refractivity (Wildman–Crippen MR) is 85.8 cm³/mol. The molecule has 0 saturated carbocycles. The molecule has 1 atom stereocenters. The van der Waals surface area contributed by atoms with Crippen molar-refractivity contribution in [3.05, 3.63) is 28.3 Å². The van der Waals surface area contributed by atoms with Crippen molar-refractivity contribution in [2.75, 3.05) is 23.8 Å². The molecule has 126 valence electrons. The van der Waals surface area contributed by atoms with Crippen LogP contribution in [0.3, 0.4) is 0 Å². The minimum absolute atomic E-state index is 0.0918. The first-order valence-corrected chi connectivity index (χ1v) is 7.38. The lowest BCUT2D eigenvalue weighted by atomic mass is 10.2. The number of hydrogen-bond acceptors (Lipinski definition) is 6.